The Morgan fingerprint density at radius 3 is 2.15 bits per heavy atom. The van der Waals surface area contributed by atoms with Crippen LogP contribution in [0.2, 0.25) is 0 Å². The number of thiocarbonyl (C=S) groups is 1. The first-order chi connectivity index (χ1) is 15.2. The van der Waals surface area contributed by atoms with E-state index in [2.05, 4.69) is 5.32 Å². The fourth-order valence-corrected chi connectivity index (χ4v) is 4.03. The molecule has 0 atom stereocenters. The van der Waals surface area contributed by atoms with Crippen molar-refractivity contribution in [3.63, 3.8) is 0 Å². The van der Waals surface area contributed by atoms with E-state index in [4.69, 9.17) is 17.3 Å². The van der Waals surface area contributed by atoms with Crippen molar-refractivity contribution in [3.05, 3.63) is 58.9 Å². The molecule has 1 aliphatic rings. The molecule has 1 fully saturated rings. The predicted octanol–water partition coefficient (Wildman–Crippen LogP) is 3.82. The number of halogens is 4. The molecule has 2 amide bonds. The summed E-state index contributed by atoms with van der Waals surface area (Å²) in [6.07, 6.45) is -5.00. The van der Waals surface area contributed by atoms with Gasteiger partial charge in [0.1, 0.15) is 11.4 Å². The van der Waals surface area contributed by atoms with E-state index in [0.717, 1.165) is 23.1 Å². The molecule has 0 saturated carbocycles. The van der Waals surface area contributed by atoms with Gasteiger partial charge in [-0.1, -0.05) is 0 Å². The lowest BCUT2D eigenvalue weighted by atomic mass is 10.0. The Kier molecular flexibility index (Phi) is 5.92. The second kappa shape index (κ2) is 8.10. The zero-order valence-corrected chi connectivity index (χ0v) is 18.3. The van der Waals surface area contributed by atoms with Gasteiger partial charge in [-0.25, -0.2) is 9.18 Å². The average molecular weight is 483 g/mol. The molecule has 1 saturated heterocycles. The van der Waals surface area contributed by atoms with Crippen LogP contribution in [0.15, 0.2) is 36.4 Å². The molecule has 0 unspecified atom stereocenters. The van der Waals surface area contributed by atoms with E-state index in [1.807, 2.05) is 0 Å². The van der Waals surface area contributed by atoms with E-state index in [9.17, 15) is 31.9 Å². The van der Waals surface area contributed by atoms with Crippen LogP contribution in [0, 0.1) is 5.82 Å². The molecule has 0 aromatic heterocycles. The third-order valence-corrected chi connectivity index (χ3v) is 5.51. The largest absolute Gasteiger partial charge is 0.478 e. The summed E-state index contributed by atoms with van der Waals surface area (Å²) in [4.78, 5) is 38.2. The molecule has 2 N–H and O–H groups in total. The molecular weight excluding hydrogens is 466 g/mol. The number of aromatic carboxylic acids is 1. The van der Waals surface area contributed by atoms with Crippen molar-refractivity contribution in [1.82, 2.24) is 5.32 Å². The number of benzene rings is 2. The third-order valence-electron chi connectivity index (χ3n) is 5.15. The van der Waals surface area contributed by atoms with Crippen LogP contribution in [0.5, 0.6) is 0 Å². The first kappa shape index (κ1) is 24.1. The summed E-state index contributed by atoms with van der Waals surface area (Å²) in [5, 5.41) is 11.1. The lowest BCUT2D eigenvalue weighted by molar-refractivity contribution is -0.138. The molecule has 0 spiro atoms. The SMILES string of the molecule is CNC(=O)c1ccc(N2C(=S)N(c3ccc(C(=O)O)c(C(F)(F)F)c3)C(=O)C2(C)C)cc1F. The Balaban J connectivity index is 2.11. The molecule has 174 valence electrons. The van der Waals surface area contributed by atoms with Crippen molar-refractivity contribution in [2.45, 2.75) is 25.6 Å². The Morgan fingerprint density at radius 1 is 1.06 bits per heavy atom. The van der Waals surface area contributed by atoms with Crippen LogP contribution in [0.25, 0.3) is 0 Å². The summed E-state index contributed by atoms with van der Waals surface area (Å²) in [5.41, 5.74) is -4.29. The van der Waals surface area contributed by atoms with Gasteiger partial charge in [0.05, 0.1) is 22.4 Å². The van der Waals surface area contributed by atoms with E-state index < -0.39 is 46.4 Å². The highest BCUT2D eigenvalue weighted by atomic mass is 32.1. The predicted molar refractivity (Wildman–Crippen MR) is 115 cm³/mol. The number of alkyl halides is 3. The molecular formula is C21H17F4N3O4S. The van der Waals surface area contributed by atoms with Crippen molar-refractivity contribution in [2.24, 2.45) is 0 Å². The number of nitrogens with zero attached hydrogens (tertiary/aromatic N) is 2. The first-order valence-electron chi connectivity index (χ1n) is 9.36. The molecule has 0 aliphatic carbocycles. The minimum Gasteiger partial charge on any atom is -0.478 e. The summed E-state index contributed by atoms with van der Waals surface area (Å²) in [5.74, 6) is -4.04. The standard InChI is InChI=1S/C21H17F4N3O4S/c1-20(2)18(32)27(10-4-6-12(17(30)31)14(8-10)21(23,24)25)19(33)28(20)11-5-7-13(15(22)9-11)16(29)26-3/h4-9H,1-3H3,(H,26,29)(H,30,31). The minimum atomic E-state index is -5.00. The molecule has 33 heavy (non-hydrogen) atoms. The van der Waals surface area contributed by atoms with Crippen LogP contribution in [-0.4, -0.2) is 40.6 Å². The number of hydrogen-bond donors (Lipinski definition) is 2. The van der Waals surface area contributed by atoms with Crippen molar-refractivity contribution in [3.8, 4) is 0 Å². The van der Waals surface area contributed by atoms with Gasteiger partial charge < -0.3 is 15.3 Å². The molecule has 2 aromatic rings. The van der Waals surface area contributed by atoms with Crippen LogP contribution in [-0.2, 0) is 11.0 Å². The maximum absolute atomic E-state index is 14.5. The van der Waals surface area contributed by atoms with Crippen LogP contribution >= 0.6 is 12.2 Å². The van der Waals surface area contributed by atoms with Gasteiger partial charge in [0.25, 0.3) is 11.8 Å². The fourth-order valence-electron chi connectivity index (χ4n) is 3.51. The van der Waals surface area contributed by atoms with E-state index in [0.29, 0.717) is 6.07 Å². The maximum Gasteiger partial charge on any atom is 0.417 e. The zero-order valence-electron chi connectivity index (χ0n) is 17.5. The summed E-state index contributed by atoms with van der Waals surface area (Å²) >= 11 is 5.36. The number of anilines is 2. The van der Waals surface area contributed by atoms with E-state index in [-0.39, 0.29) is 22.1 Å². The molecule has 0 bridgehead atoms. The number of carboxylic acids is 1. The molecule has 1 aliphatic heterocycles. The van der Waals surface area contributed by atoms with Gasteiger partial charge in [0.2, 0.25) is 0 Å². The monoisotopic (exact) mass is 483 g/mol. The number of carbonyl (C=O) groups excluding carboxylic acids is 2. The van der Waals surface area contributed by atoms with Gasteiger partial charge in [-0.05, 0) is 62.5 Å². The Bertz CT molecular complexity index is 1200. The fraction of sp³-hybridized carbons (Fsp3) is 0.238. The molecule has 2 aromatic carbocycles. The number of carboxylic acid groups (broad SMARTS) is 1. The van der Waals surface area contributed by atoms with Gasteiger partial charge in [0.15, 0.2) is 5.11 Å². The summed E-state index contributed by atoms with van der Waals surface area (Å²) < 4.78 is 54.9. The van der Waals surface area contributed by atoms with Crippen LogP contribution in [0.3, 0.4) is 0 Å². The second-order valence-electron chi connectivity index (χ2n) is 7.59. The molecule has 7 nitrogen and oxygen atoms in total. The van der Waals surface area contributed by atoms with Gasteiger partial charge in [-0.15, -0.1) is 0 Å². The lowest BCUT2D eigenvalue weighted by Crippen LogP contribution is -2.44. The third kappa shape index (κ3) is 4.01. The Morgan fingerprint density at radius 2 is 1.64 bits per heavy atom. The maximum atomic E-state index is 14.5. The average Bonchev–Trinajstić information content (AvgIpc) is 2.90. The smallest absolute Gasteiger partial charge is 0.417 e. The van der Waals surface area contributed by atoms with Gasteiger partial charge in [0, 0.05) is 12.7 Å². The Hall–Kier alpha value is -3.54. The van der Waals surface area contributed by atoms with Gasteiger partial charge in [-0.3, -0.25) is 14.5 Å². The second-order valence-corrected chi connectivity index (χ2v) is 7.96. The van der Waals surface area contributed by atoms with Gasteiger partial charge in [-0.2, -0.15) is 13.2 Å². The number of rotatable bonds is 4. The van der Waals surface area contributed by atoms with E-state index in [1.165, 1.54) is 37.9 Å². The highest BCUT2D eigenvalue weighted by Gasteiger charge is 2.51. The summed E-state index contributed by atoms with van der Waals surface area (Å²) in [7, 11) is 1.33. The Labute approximate surface area is 190 Å². The van der Waals surface area contributed by atoms with Crippen molar-refractivity contribution >= 4 is 46.5 Å². The zero-order chi connectivity index (χ0) is 24.9. The minimum absolute atomic E-state index is 0.101. The van der Waals surface area contributed by atoms with Crippen LogP contribution < -0.4 is 15.1 Å². The van der Waals surface area contributed by atoms with Crippen molar-refractivity contribution < 1.29 is 37.1 Å². The molecule has 1 heterocycles. The molecule has 3 rings (SSSR count). The normalized spacial score (nSPS) is 15.7. The van der Waals surface area contributed by atoms with Crippen LogP contribution in [0.1, 0.15) is 40.1 Å². The highest BCUT2D eigenvalue weighted by Crippen LogP contribution is 2.40. The van der Waals surface area contributed by atoms with E-state index >= 15 is 0 Å². The number of carbonyl (C=O) groups is 3. The topological polar surface area (TPSA) is 90.0 Å². The molecule has 0 radical (unpaired) electrons. The summed E-state index contributed by atoms with van der Waals surface area (Å²) in [6, 6.07) is 5.85. The van der Waals surface area contributed by atoms with Crippen LogP contribution in [0.4, 0.5) is 28.9 Å². The lowest BCUT2D eigenvalue weighted by Gasteiger charge is -2.29. The summed E-state index contributed by atoms with van der Waals surface area (Å²) in [6.45, 7) is 2.89. The first-order valence-corrected chi connectivity index (χ1v) is 9.77. The number of hydrogen-bond acceptors (Lipinski definition) is 4. The number of amides is 2. The van der Waals surface area contributed by atoms with Gasteiger partial charge >= 0.3 is 12.1 Å². The van der Waals surface area contributed by atoms with Crippen molar-refractivity contribution in [1.29, 1.82) is 0 Å². The van der Waals surface area contributed by atoms with E-state index in [1.54, 1.807) is 0 Å². The number of nitrogens with one attached hydrogen (secondary N) is 1. The quantitative estimate of drug-likeness (QED) is 0.508. The molecule has 12 heteroatoms. The van der Waals surface area contributed by atoms with Crippen molar-refractivity contribution in [2.75, 3.05) is 16.8 Å². The highest BCUT2D eigenvalue weighted by molar-refractivity contribution is 7.81.